The van der Waals surface area contributed by atoms with Crippen LogP contribution in [0.3, 0.4) is 0 Å². The Balaban J connectivity index is 1.64. The summed E-state index contributed by atoms with van der Waals surface area (Å²) in [6.07, 6.45) is 2.01. The van der Waals surface area contributed by atoms with Gasteiger partial charge in [-0.3, -0.25) is 4.98 Å². The molecule has 0 amide bonds. The summed E-state index contributed by atoms with van der Waals surface area (Å²) in [7, 11) is 0. The molecule has 0 radical (unpaired) electrons. The molecule has 0 unspecified atom stereocenters. The second-order valence-electron chi connectivity index (χ2n) is 10.3. The Hall–Kier alpha value is -4.89. The van der Waals surface area contributed by atoms with Crippen molar-refractivity contribution in [2.45, 2.75) is 13.8 Å². The van der Waals surface area contributed by atoms with Gasteiger partial charge in [0.05, 0.1) is 39.5 Å². The third-order valence-corrected chi connectivity index (χ3v) is 7.81. The van der Waals surface area contributed by atoms with Crippen LogP contribution in [0.15, 0.2) is 115 Å². The van der Waals surface area contributed by atoms with Gasteiger partial charge < -0.3 is 9.13 Å². The molecule has 8 aromatic rings. The first-order valence-electron chi connectivity index (χ1n) is 13.1. The Morgan fingerprint density at radius 2 is 1.08 bits per heavy atom. The first kappa shape index (κ1) is 21.2. The van der Waals surface area contributed by atoms with Crippen LogP contribution in [-0.2, 0) is 0 Å². The number of hydrogen-bond acceptors (Lipinski definition) is 1. The normalized spacial score (nSPS) is 11.9. The highest BCUT2D eigenvalue weighted by Gasteiger charge is 2.21. The SMILES string of the molecule is Cc1ccc2c(c1)c1ccc3c4cc(C)ccc4n(-c4cnc5ccccc5c4)c3c1n2-c1ccccc1. The molecule has 3 heteroatoms. The van der Waals surface area contributed by atoms with Crippen LogP contribution in [0.1, 0.15) is 11.1 Å². The minimum Gasteiger partial charge on any atom is -0.307 e. The van der Waals surface area contributed by atoms with E-state index in [0.29, 0.717) is 0 Å². The minimum absolute atomic E-state index is 1.01. The number of benzene rings is 5. The highest BCUT2D eigenvalue weighted by atomic mass is 15.0. The minimum atomic E-state index is 1.01. The fourth-order valence-corrected chi connectivity index (χ4v) is 6.12. The summed E-state index contributed by atoms with van der Waals surface area (Å²) in [4.78, 5) is 4.86. The van der Waals surface area contributed by atoms with E-state index in [0.717, 1.165) is 22.3 Å². The van der Waals surface area contributed by atoms with E-state index in [1.165, 1.54) is 54.7 Å². The second kappa shape index (κ2) is 7.80. The fourth-order valence-electron chi connectivity index (χ4n) is 6.12. The molecule has 0 saturated heterocycles. The number of rotatable bonds is 2. The van der Waals surface area contributed by atoms with Crippen molar-refractivity contribution in [1.29, 1.82) is 0 Å². The number of aromatic nitrogens is 3. The lowest BCUT2D eigenvalue weighted by molar-refractivity contribution is 1.14. The van der Waals surface area contributed by atoms with Crippen molar-refractivity contribution < 1.29 is 0 Å². The van der Waals surface area contributed by atoms with Gasteiger partial charge in [-0.2, -0.15) is 0 Å². The fraction of sp³-hybridized carbons (Fsp3) is 0.0571. The van der Waals surface area contributed by atoms with Crippen molar-refractivity contribution in [2.75, 3.05) is 0 Å². The summed E-state index contributed by atoms with van der Waals surface area (Å²) in [5.41, 5.74) is 10.6. The van der Waals surface area contributed by atoms with Gasteiger partial charge in [-0.15, -0.1) is 0 Å². The van der Waals surface area contributed by atoms with Gasteiger partial charge in [0.2, 0.25) is 0 Å². The predicted octanol–water partition coefficient (Wildman–Crippen LogP) is 9.05. The van der Waals surface area contributed by atoms with Crippen molar-refractivity contribution in [3.8, 4) is 11.4 Å². The summed E-state index contributed by atoms with van der Waals surface area (Å²) in [5, 5.41) is 6.18. The van der Waals surface area contributed by atoms with Crippen LogP contribution in [-0.4, -0.2) is 14.1 Å². The largest absolute Gasteiger partial charge is 0.307 e. The highest BCUT2D eigenvalue weighted by molar-refractivity contribution is 6.24. The van der Waals surface area contributed by atoms with E-state index in [4.69, 9.17) is 4.98 Å². The number of nitrogens with zero attached hydrogens (tertiary/aromatic N) is 3. The Kier molecular flexibility index (Phi) is 4.36. The Morgan fingerprint density at radius 1 is 0.500 bits per heavy atom. The number of pyridine rings is 1. The molecule has 0 spiro atoms. The second-order valence-corrected chi connectivity index (χ2v) is 10.3. The molecule has 0 N–H and O–H groups in total. The van der Waals surface area contributed by atoms with Gasteiger partial charge in [-0.25, -0.2) is 0 Å². The zero-order valence-electron chi connectivity index (χ0n) is 21.3. The van der Waals surface area contributed by atoms with Crippen molar-refractivity contribution >= 4 is 54.5 Å². The van der Waals surface area contributed by atoms with Crippen molar-refractivity contribution in [3.05, 3.63) is 127 Å². The number of aryl methyl sites for hydroxylation is 2. The van der Waals surface area contributed by atoms with Crippen molar-refractivity contribution in [1.82, 2.24) is 14.1 Å². The first-order chi connectivity index (χ1) is 18.7. The van der Waals surface area contributed by atoms with Gasteiger partial charge in [-0.1, -0.05) is 71.8 Å². The third kappa shape index (κ3) is 2.93. The molecule has 3 aromatic heterocycles. The van der Waals surface area contributed by atoms with Crippen LogP contribution < -0.4 is 0 Å². The lowest BCUT2D eigenvalue weighted by Gasteiger charge is -2.13. The molecule has 0 fully saturated rings. The van der Waals surface area contributed by atoms with Gasteiger partial charge in [0.25, 0.3) is 0 Å². The Bertz CT molecular complexity index is 2200. The molecule has 0 aliphatic carbocycles. The molecule has 8 rings (SSSR count). The smallest absolute Gasteiger partial charge is 0.0789 e. The maximum Gasteiger partial charge on any atom is 0.0789 e. The van der Waals surface area contributed by atoms with Crippen LogP contribution >= 0.6 is 0 Å². The molecule has 3 nitrogen and oxygen atoms in total. The van der Waals surface area contributed by atoms with E-state index in [2.05, 4.69) is 126 Å². The number of fused-ring (bicyclic) bond motifs is 8. The lowest BCUT2D eigenvalue weighted by Crippen LogP contribution is -1.99. The standard InChI is InChI=1S/C35H25N3/c1-22-12-16-32-29(18-22)27-14-15-28-30-19-23(2)13-17-33(30)38(26-20-24-8-6-7-11-31(24)36-21-26)35(28)34(27)37(32)25-9-4-3-5-10-25/h3-21H,1-2H3. The molecule has 3 heterocycles. The van der Waals surface area contributed by atoms with E-state index in [1.54, 1.807) is 0 Å². The zero-order chi connectivity index (χ0) is 25.4. The topological polar surface area (TPSA) is 22.8 Å². The molecule has 38 heavy (non-hydrogen) atoms. The monoisotopic (exact) mass is 487 g/mol. The average Bonchev–Trinajstić information content (AvgIpc) is 3.45. The van der Waals surface area contributed by atoms with Gasteiger partial charge >= 0.3 is 0 Å². The van der Waals surface area contributed by atoms with Crippen LogP contribution in [0.25, 0.3) is 65.9 Å². The van der Waals surface area contributed by atoms with Crippen LogP contribution in [0.5, 0.6) is 0 Å². The molecule has 0 bridgehead atoms. The van der Waals surface area contributed by atoms with E-state index in [1.807, 2.05) is 12.3 Å². The summed E-state index contributed by atoms with van der Waals surface area (Å²) >= 11 is 0. The molecule has 180 valence electrons. The maximum absolute atomic E-state index is 4.86. The predicted molar refractivity (Wildman–Crippen MR) is 160 cm³/mol. The quantitative estimate of drug-likeness (QED) is 0.238. The van der Waals surface area contributed by atoms with Gasteiger partial charge in [-0.05, 0) is 62.4 Å². The van der Waals surface area contributed by atoms with Crippen LogP contribution in [0, 0.1) is 13.8 Å². The molecule has 0 aliphatic rings. The van der Waals surface area contributed by atoms with E-state index >= 15 is 0 Å². The molecular weight excluding hydrogens is 462 g/mol. The number of para-hydroxylation sites is 2. The van der Waals surface area contributed by atoms with Gasteiger partial charge in [0.15, 0.2) is 0 Å². The van der Waals surface area contributed by atoms with E-state index in [-0.39, 0.29) is 0 Å². The van der Waals surface area contributed by atoms with E-state index in [9.17, 15) is 0 Å². The van der Waals surface area contributed by atoms with Gasteiger partial charge in [0.1, 0.15) is 0 Å². The third-order valence-electron chi connectivity index (χ3n) is 7.81. The van der Waals surface area contributed by atoms with Crippen LogP contribution in [0.4, 0.5) is 0 Å². The van der Waals surface area contributed by atoms with Crippen molar-refractivity contribution in [3.63, 3.8) is 0 Å². The maximum atomic E-state index is 4.86. The average molecular weight is 488 g/mol. The van der Waals surface area contributed by atoms with Gasteiger partial charge in [0, 0.05) is 32.6 Å². The first-order valence-corrected chi connectivity index (χ1v) is 13.1. The summed E-state index contributed by atoms with van der Waals surface area (Å²) in [5.74, 6) is 0. The molecule has 5 aromatic carbocycles. The Labute approximate surface area is 220 Å². The molecule has 0 aliphatic heterocycles. The highest BCUT2D eigenvalue weighted by Crippen LogP contribution is 2.42. The summed E-state index contributed by atoms with van der Waals surface area (Å²) in [6.45, 7) is 4.34. The summed E-state index contributed by atoms with van der Waals surface area (Å²) < 4.78 is 4.85. The van der Waals surface area contributed by atoms with Crippen LogP contribution in [0.2, 0.25) is 0 Å². The number of hydrogen-bond donors (Lipinski definition) is 0. The van der Waals surface area contributed by atoms with Crippen molar-refractivity contribution in [2.24, 2.45) is 0 Å². The van der Waals surface area contributed by atoms with E-state index < -0.39 is 0 Å². The molecule has 0 saturated carbocycles. The molecular formula is C35H25N3. The Morgan fingerprint density at radius 3 is 1.74 bits per heavy atom. The molecule has 0 atom stereocenters. The summed E-state index contributed by atoms with van der Waals surface area (Å²) in [6, 6.07) is 39.5. The zero-order valence-corrected chi connectivity index (χ0v) is 21.3. The lowest BCUT2D eigenvalue weighted by atomic mass is 10.1.